The minimum atomic E-state index is -0.511. The van der Waals surface area contributed by atoms with Gasteiger partial charge in [-0.25, -0.2) is 0 Å². The van der Waals surface area contributed by atoms with Crippen LogP contribution in [0, 0.1) is 13.8 Å². The summed E-state index contributed by atoms with van der Waals surface area (Å²) in [5.74, 6) is 1.07. The summed E-state index contributed by atoms with van der Waals surface area (Å²) in [6.45, 7) is 8.56. The molecule has 2 aromatic carbocycles. The van der Waals surface area contributed by atoms with E-state index < -0.39 is 6.04 Å². The zero-order chi connectivity index (χ0) is 23.7. The normalized spacial score (nSPS) is 15.1. The number of rotatable bonds is 8. The number of nitrogens with zero attached hydrogens (tertiary/aromatic N) is 2. The summed E-state index contributed by atoms with van der Waals surface area (Å²) in [5, 5.41) is 27.7. The van der Waals surface area contributed by atoms with Gasteiger partial charge in [-0.2, -0.15) is 5.10 Å². The molecule has 0 radical (unpaired) electrons. The smallest absolute Gasteiger partial charge is 0.273 e. The van der Waals surface area contributed by atoms with Gasteiger partial charge in [0.05, 0.1) is 25.9 Å². The van der Waals surface area contributed by atoms with E-state index in [1.807, 2.05) is 52.0 Å². The summed E-state index contributed by atoms with van der Waals surface area (Å²) in [5.41, 5.74) is 4.72. The Hall–Kier alpha value is -3.52. The molecule has 1 aliphatic rings. The standard InChI is InChI=1S/C25H29N3O5/c1-5-32-18-8-7-16(13-19(18)33-6-2)24-21-22(20-15(4)11-14(3)12-17(20)30)26-27-23(21)25(31)28(24)9-10-29/h7-8,11-13,24,29-30H,5-6,9-10H2,1-4H3,(H,26,27)/t24-/m1/s1. The molecule has 4 rings (SSSR count). The fourth-order valence-electron chi connectivity index (χ4n) is 4.56. The minimum absolute atomic E-state index is 0.107. The van der Waals surface area contributed by atoms with Crippen molar-refractivity contribution in [2.24, 2.45) is 0 Å². The Morgan fingerprint density at radius 2 is 1.82 bits per heavy atom. The number of carbonyl (C=O) groups excluding carboxylic acids is 1. The maximum absolute atomic E-state index is 13.2. The van der Waals surface area contributed by atoms with Crippen LogP contribution in [0.1, 0.15) is 52.6 Å². The quantitative estimate of drug-likeness (QED) is 0.482. The first kappa shape index (κ1) is 22.7. The number of nitrogens with one attached hydrogen (secondary N) is 1. The number of hydrogen-bond acceptors (Lipinski definition) is 6. The molecule has 2 heterocycles. The molecule has 0 fully saturated rings. The molecule has 0 aliphatic carbocycles. The monoisotopic (exact) mass is 451 g/mol. The van der Waals surface area contributed by atoms with Crippen LogP contribution in [0.15, 0.2) is 30.3 Å². The van der Waals surface area contributed by atoms with Crippen LogP contribution in [0.3, 0.4) is 0 Å². The highest BCUT2D eigenvalue weighted by molar-refractivity contribution is 6.00. The summed E-state index contributed by atoms with van der Waals surface area (Å²) >= 11 is 0. The van der Waals surface area contributed by atoms with Crippen LogP contribution >= 0.6 is 0 Å². The number of aliphatic hydroxyl groups is 1. The highest BCUT2D eigenvalue weighted by Crippen LogP contribution is 2.46. The highest BCUT2D eigenvalue weighted by atomic mass is 16.5. The summed E-state index contributed by atoms with van der Waals surface area (Å²) < 4.78 is 11.5. The molecule has 0 unspecified atom stereocenters. The second-order valence-electron chi connectivity index (χ2n) is 8.03. The van der Waals surface area contributed by atoms with Gasteiger partial charge >= 0.3 is 0 Å². The molecule has 1 aliphatic heterocycles. The number of H-pyrrole nitrogens is 1. The van der Waals surface area contributed by atoms with Crippen LogP contribution in [0.25, 0.3) is 11.3 Å². The zero-order valence-electron chi connectivity index (χ0n) is 19.3. The molecule has 8 heteroatoms. The Kier molecular flexibility index (Phi) is 6.29. The molecule has 1 atom stereocenters. The van der Waals surface area contributed by atoms with Crippen LogP contribution in [-0.2, 0) is 0 Å². The van der Waals surface area contributed by atoms with Gasteiger partial charge in [0.2, 0.25) is 0 Å². The van der Waals surface area contributed by atoms with E-state index in [2.05, 4.69) is 10.2 Å². The topological polar surface area (TPSA) is 108 Å². The summed E-state index contributed by atoms with van der Waals surface area (Å²) in [6, 6.07) is 8.73. The molecule has 174 valence electrons. The number of aryl methyl sites for hydroxylation is 2. The number of hydrogen-bond donors (Lipinski definition) is 3. The molecule has 1 amide bonds. The predicted molar refractivity (Wildman–Crippen MR) is 124 cm³/mol. The van der Waals surface area contributed by atoms with E-state index in [0.717, 1.165) is 16.7 Å². The third kappa shape index (κ3) is 3.91. The number of aliphatic hydroxyl groups excluding tert-OH is 1. The summed E-state index contributed by atoms with van der Waals surface area (Å²) in [6.07, 6.45) is 0. The van der Waals surface area contributed by atoms with E-state index in [1.54, 1.807) is 11.0 Å². The number of ether oxygens (including phenoxy) is 2. The number of fused-ring (bicyclic) bond motifs is 1. The molecule has 0 spiro atoms. The van der Waals surface area contributed by atoms with Crippen molar-refractivity contribution in [1.29, 1.82) is 0 Å². The molecule has 0 saturated carbocycles. The van der Waals surface area contributed by atoms with Gasteiger partial charge in [0.15, 0.2) is 11.5 Å². The number of aromatic nitrogens is 2. The maximum atomic E-state index is 13.2. The number of carbonyl (C=O) groups is 1. The maximum Gasteiger partial charge on any atom is 0.273 e. The third-order valence-electron chi connectivity index (χ3n) is 5.78. The number of amides is 1. The largest absolute Gasteiger partial charge is 0.507 e. The van der Waals surface area contributed by atoms with Gasteiger partial charge < -0.3 is 24.6 Å². The van der Waals surface area contributed by atoms with Crippen molar-refractivity contribution >= 4 is 5.91 Å². The lowest BCUT2D eigenvalue weighted by Crippen LogP contribution is -2.32. The van der Waals surface area contributed by atoms with E-state index in [1.165, 1.54) is 0 Å². The average Bonchev–Trinajstić information content (AvgIpc) is 3.29. The second kappa shape index (κ2) is 9.15. The van der Waals surface area contributed by atoms with Gasteiger partial charge in [-0.05, 0) is 62.6 Å². The molecule has 3 N–H and O–H groups in total. The van der Waals surface area contributed by atoms with E-state index in [0.29, 0.717) is 47.2 Å². The van der Waals surface area contributed by atoms with E-state index >= 15 is 0 Å². The zero-order valence-corrected chi connectivity index (χ0v) is 19.3. The van der Waals surface area contributed by atoms with Gasteiger partial charge in [-0.15, -0.1) is 0 Å². The number of β-amino-alcohol motifs (C(OH)–C–C–N with tert-alkyl or cyclic N) is 1. The fourth-order valence-corrected chi connectivity index (χ4v) is 4.56. The third-order valence-corrected chi connectivity index (χ3v) is 5.78. The van der Waals surface area contributed by atoms with E-state index in [9.17, 15) is 15.0 Å². The van der Waals surface area contributed by atoms with Crippen molar-refractivity contribution in [3.05, 3.63) is 58.3 Å². The SMILES string of the molecule is CCOc1ccc([C@@H]2c3c(-c4c(C)cc(C)cc4O)n[nH]c3C(=O)N2CCO)cc1OCC. The molecule has 0 saturated heterocycles. The fraction of sp³-hybridized carbons (Fsp3) is 0.360. The van der Waals surface area contributed by atoms with Crippen molar-refractivity contribution in [1.82, 2.24) is 15.1 Å². The van der Waals surface area contributed by atoms with Crippen molar-refractivity contribution in [2.75, 3.05) is 26.4 Å². The Bertz CT molecular complexity index is 1160. The van der Waals surface area contributed by atoms with Gasteiger partial charge in [0, 0.05) is 17.7 Å². The Labute approximate surface area is 192 Å². The number of aromatic hydroxyl groups is 1. The predicted octanol–water partition coefficient (Wildman–Crippen LogP) is 3.73. The molecular formula is C25H29N3O5. The lowest BCUT2D eigenvalue weighted by atomic mass is 9.93. The lowest BCUT2D eigenvalue weighted by molar-refractivity contribution is 0.0706. The van der Waals surface area contributed by atoms with Crippen molar-refractivity contribution in [2.45, 2.75) is 33.7 Å². The van der Waals surface area contributed by atoms with Gasteiger partial charge in [-0.1, -0.05) is 12.1 Å². The molecule has 1 aromatic heterocycles. The van der Waals surface area contributed by atoms with E-state index in [4.69, 9.17) is 9.47 Å². The summed E-state index contributed by atoms with van der Waals surface area (Å²) in [4.78, 5) is 14.9. The number of phenols is 1. The Morgan fingerprint density at radius 3 is 2.48 bits per heavy atom. The Balaban J connectivity index is 1.91. The van der Waals surface area contributed by atoms with E-state index in [-0.39, 0.29) is 24.8 Å². The molecule has 3 aromatic rings. The van der Waals surface area contributed by atoms with Gasteiger partial charge in [0.1, 0.15) is 17.1 Å². The molecule has 0 bridgehead atoms. The molecule has 33 heavy (non-hydrogen) atoms. The average molecular weight is 452 g/mol. The highest BCUT2D eigenvalue weighted by Gasteiger charge is 2.42. The van der Waals surface area contributed by atoms with Crippen LogP contribution in [0.4, 0.5) is 0 Å². The first-order valence-electron chi connectivity index (χ1n) is 11.1. The number of benzene rings is 2. The molecule has 8 nitrogen and oxygen atoms in total. The first-order chi connectivity index (χ1) is 15.9. The van der Waals surface area contributed by atoms with Gasteiger partial charge in [0.25, 0.3) is 5.91 Å². The van der Waals surface area contributed by atoms with Crippen LogP contribution in [0.2, 0.25) is 0 Å². The Morgan fingerprint density at radius 1 is 1.09 bits per heavy atom. The van der Waals surface area contributed by atoms with Crippen LogP contribution in [0.5, 0.6) is 17.2 Å². The van der Waals surface area contributed by atoms with Crippen LogP contribution in [-0.4, -0.2) is 57.6 Å². The first-order valence-corrected chi connectivity index (χ1v) is 11.1. The minimum Gasteiger partial charge on any atom is -0.507 e. The number of phenolic OH excluding ortho intramolecular Hbond substituents is 1. The van der Waals surface area contributed by atoms with Crippen molar-refractivity contribution < 1.29 is 24.5 Å². The lowest BCUT2D eigenvalue weighted by Gasteiger charge is -2.26. The summed E-state index contributed by atoms with van der Waals surface area (Å²) in [7, 11) is 0. The molecular weight excluding hydrogens is 422 g/mol. The number of aromatic amines is 1. The second-order valence-corrected chi connectivity index (χ2v) is 8.03. The van der Waals surface area contributed by atoms with Crippen molar-refractivity contribution in [3.63, 3.8) is 0 Å². The van der Waals surface area contributed by atoms with Crippen LogP contribution < -0.4 is 9.47 Å². The van der Waals surface area contributed by atoms with Gasteiger partial charge in [-0.3, -0.25) is 9.89 Å². The van der Waals surface area contributed by atoms with Crippen molar-refractivity contribution in [3.8, 4) is 28.5 Å².